The maximum absolute atomic E-state index is 9.75. The molecule has 9 aromatic carbocycles. The third-order valence-corrected chi connectivity index (χ3v) is 14.4. The van der Waals surface area contributed by atoms with Crippen LogP contribution in [0.4, 0.5) is 34.5 Å². The quantitative estimate of drug-likeness (QED) is 0.0938. The van der Waals surface area contributed by atoms with E-state index in [2.05, 4.69) is 248 Å². The van der Waals surface area contributed by atoms with Gasteiger partial charge in [-0.2, -0.15) is 0 Å². The fourth-order valence-corrected chi connectivity index (χ4v) is 10.7. The first-order chi connectivity index (χ1) is 42.7. The standard InChI is InChI=1S/3C24H16N2.2BF4.Ni/c3*1-3-7-17(8-4-1)19-13-15-25-23-21(19)11-12-22-20(14-16-26-24(22)23)18-9-5-2-6-10-18;2*2-1(3,4)5;/h3*1-16H;;;/q;;;2*-1;+2. The number of aromatic nitrogens is 6. The average Bonchev–Trinajstić information content (AvgIpc) is 0.832. The Morgan fingerprint density at radius 3 is 0.427 bits per heavy atom. The molecular formula is C72H48B2F8N6Ni. The fraction of sp³-hybridized carbons (Fsp3) is 0. The molecule has 15 aromatic rings. The minimum Gasteiger partial charge on any atom is -0.418 e. The number of rotatable bonds is 6. The number of halogens is 8. The van der Waals surface area contributed by atoms with Crippen molar-refractivity contribution >= 4 is 79.9 Å². The van der Waals surface area contributed by atoms with Crippen molar-refractivity contribution in [3.8, 4) is 66.8 Å². The summed E-state index contributed by atoms with van der Waals surface area (Å²) in [4.78, 5) is 28.0. The Hall–Kier alpha value is -10.5. The normalized spacial score (nSPS) is 11.1. The van der Waals surface area contributed by atoms with Gasteiger partial charge in [-0.25, -0.2) is 0 Å². The minimum atomic E-state index is -6.00. The second-order valence-electron chi connectivity index (χ2n) is 19.9. The van der Waals surface area contributed by atoms with Crippen molar-refractivity contribution in [1.82, 2.24) is 29.9 Å². The molecule has 6 nitrogen and oxygen atoms in total. The summed E-state index contributed by atoms with van der Waals surface area (Å²) in [5.41, 5.74) is 19.9. The first-order valence-electron chi connectivity index (χ1n) is 27.8. The van der Waals surface area contributed by atoms with E-state index in [1.165, 1.54) is 66.8 Å². The van der Waals surface area contributed by atoms with Crippen molar-refractivity contribution in [2.24, 2.45) is 0 Å². The van der Waals surface area contributed by atoms with Crippen molar-refractivity contribution in [1.29, 1.82) is 0 Å². The van der Waals surface area contributed by atoms with Gasteiger partial charge in [0.05, 0.1) is 33.1 Å². The van der Waals surface area contributed by atoms with Gasteiger partial charge in [-0.3, -0.25) is 29.9 Å². The fourth-order valence-electron chi connectivity index (χ4n) is 10.7. The molecule has 6 aromatic heterocycles. The van der Waals surface area contributed by atoms with Gasteiger partial charge in [0.2, 0.25) is 0 Å². The summed E-state index contributed by atoms with van der Waals surface area (Å²) in [6.07, 6.45) is 11.3. The molecule has 0 saturated carbocycles. The topological polar surface area (TPSA) is 77.3 Å². The third-order valence-electron chi connectivity index (χ3n) is 14.4. The summed E-state index contributed by atoms with van der Waals surface area (Å²) in [5, 5.41) is 6.77. The molecule has 0 fully saturated rings. The van der Waals surface area contributed by atoms with Crippen LogP contribution in [0.2, 0.25) is 0 Å². The van der Waals surface area contributed by atoms with Crippen LogP contribution in [0.3, 0.4) is 0 Å². The van der Waals surface area contributed by atoms with Gasteiger partial charge < -0.3 is 34.5 Å². The molecule has 0 aliphatic carbocycles. The van der Waals surface area contributed by atoms with Crippen molar-refractivity contribution in [3.05, 3.63) is 292 Å². The third kappa shape index (κ3) is 14.8. The SMILES string of the molecule is F[B-](F)(F)F.F[B-](F)(F)F.[Ni+2].c1ccc(-c2ccnc3c2ccc2c(-c4ccccc4)ccnc23)cc1.c1ccc(-c2ccnc3c2ccc2c(-c4ccccc4)ccnc23)cc1.c1ccc(-c2ccnc3c2ccc2c(-c4ccccc4)ccnc23)cc1. The molecule has 15 rings (SSSR count). The summed E-state index contributed by atoms with van der Waals surface area (Å²) in [6.45, 7) is 0. The van der Waals surface area contributed by atoms with Gasteiger partial charge in [-0.1, -0.05) is 218 Å². The van der Waals surface area contributed by atoms with Gasteiger partial charge in [0.15, 0.2) is 0 Å². The van der Waals surface area contributed by atoms with Crippen molar-refractivity contribution in [2.75, 3.05) is 0 Å². The number of pyridine rings is 6. The van der Waals surface area contributed by atoms with Gasteiger partial charge in [0, 0.05) is 69.5 Å². The van der Waals surface area contributed by atoms with E-state index in [1.54, 1.807) is 0 Å². The largest absolute Gasteiger partial charge is 2.00 e. The van der Waals surface area contributed by atoms with Crippen LogP contribution in [0.1, 0.15) is 0 Å². The molecular weight excluding hydrogens is 1180 g/mol. The van der Waals surface area contributed by atoms with Gasteiger partial charge in [0.1, 0.15) is 0 Å². The first-order valence-corrected chi connectivity index (χ1v) is 27.8. The molecule has 0 unspecified atom stereocenters. The zero-order chi connectivity index (χ0) is 61.0. The van der Waals surface area contributed by atoms with Crippen LogP contribution in [0, 0.1) is 0 Å². The van der Waals surface area contributed by atoms with E-state index in [4.69, 9.17) is 0 Å². The van der Waals surface area contributed by atoms with Crippen LogP contribution in [0.25, 0.3) is 132 Å². The molecule has 0 aliphatic rings. The van der Waals surface area contributed by atoms with E-state index in [1.807, 2.05) is 73.6 Å². The number of nitrogens with zero attached hydrogens (tertiary/aromatic N) is 6. The van der Waals surface area contributed by atoms with Gasteiger partial charge >= 0.3 is 31.0 Å². The predicted molar refractivity (Wildman–Crippen MR) is 344 cm³/mol. The number of benzene rings is 9. The van der Waals surface area contributed by atoms with Crippen LogP contribution in [-0.4, -0.2) is 44.4 Å². The summed E-state index contributed by atoms with van der Waals surface area (Å²) < 4.78 is 78.0. The second-order valence-corrected chi connectivity index (χ2v) is 19.9. The van der Waals surface area contributed by atoms with E-state index in [9.17, 15) is 34.5 Å². The summed E-state index contributed by atoms with van der Waals surface area (Å²) >= 11 is 0. The number of fused-ring (bicyclic) bond motifs is 9. The first kappa shape index (κ1) is 61.6. The Kier molecular flexibility index (Phi) is 19.3. The van der Waals surface area contributed by atoms with E-state index in [0.29, 0.717) is 0 Å². The van der Waals surface area contributed by atoms with Crippen molar-refractivity contribution < 1.29 is 51.0 Å². The summed E-state index contributed by atoms with van der Waals surface area (Å²) in [7, 11) is -12.0. The zero-order valence-electron chi connectivity index (χ0n) is 46.9. The molecule has 6 heterocycles. The Bertz CT molecular complexity index is 4060. The molecule has 0 atom stereocenters. The number of hydrogen-bond donors (Lipinski definition) is 0. The average molecular weight is 1230 g/mol. The Balaban J connectivity index is 0.000000136. The van der Waals surface area contributed by atoms with Crippen LogP contribution in [0.15, 0.2) is 292 Å². The maximum Gasteiger partial charge on any atom is 2.00 e. The Morgan fingerprint density at radius 1 is 0.180 bits per heavy atom. The Morgan fingerprint density at radius 2 is 0.303 bits per heavy atom. The van der Waals surface area contributed by atoms with Crippen LogP contribution in [0.5, 0.6) is 0 Å². The second kappa shape index (κ2) is 27.9. The van der Waals surface area contributed by atoms with Crippen LogP contribution >= 0.6 is 0 Å². The minimum absolute atomic E-state index is 0. The van der Waals surface area contributed by atoms with E-state index in [0.717, 1.165) is 65.4 Å². The van der Waals surface area contributed by atoms with Gasteiger partial charge in [-0.15, -0.1) is 0 Å². The monoisotopic (exact) mass is 1230 g/mol. The molecule has 0 aliphatic heterocycles. The van der Waals surface area contributed by atoms with Gasteiger partial charge in [0.25, 0.3) is 0 Å². The van der Waals surface area contributed by atoms with Crippen LogP contribution in [-0.2, 0) is 16.5 Å². The predicted octanol–water partition coefficient (Wildman–Crippen LogP) is 20.9. The van der Waals surface area contributed by atoms with Gasteiger partial charge in [-0.05, 0) is 103 Å². The number of hydrogen-bond acceptors (Lipinski definition) is 6. The smallest absolute Gasteiger partial charge is 0.418 e. The molecule has 0 N–H and O–H groups in total. The van der Waals surface area contributed by atoms with E-state index < -0.39 is 14.5 Å². The van der Waals surface area contributed by atoms with E-state index in [-0.39, 0.29) is 16.5 Å². The molecule has 0 saturated heterocycles. The summed E-state index contributed by atoms with van der Waals surface area (Å²) in [5.74, 6) is 0. The van der Waals surface area contributed by atoms with Crippen molar-refractivity contribution in [2.45, 2.75) is 0 Å². The maximum atomic E-state index is 9.75. The molecule has 17 heteroatoms. The molecule has 0 radical (unpaired) electrons. The van der Waals surface area contributed by atoms with Crippen molar-refractivity contribution in [3.63, 3.8) is 0 Å². The molecule has 0 amide bonds. The van der Waals surface area contributed by atoms with E-state index >= 15 is 0 Å². The molecule has 0 spiro atoms. The molecule has 0 bridgehead atoms. The zero-order valence-corrected chi connectivity index (χ0v) is 47.9. The Labute approximate surface area is 516 Å². The molecule has 438 valence electrons. The molecule has 89 heavy (non-hydrogen) atoms. The van der Waals surface area contributed by atoms with Crippen LogP contribution < -0.4 is 0 Å². The summed E-state index contributed by atoms with van der Waals surface area (Å²) in [6, 6.07) is 88.0.